The minimum absolute atomic E-state index is 0.592. The van der Waals surface area contributed by atoms with E-state index in [1.807, 2.05) is 34.9 Å². The Morgan fingerprint density at radius 3 is 3.00 bits per heavy atom. The molecule has 5 nitrogen and oxygen atoms in total. The van der Waals surface area contributed by atoms with Crippen LogP contribution in [-0.4, -0.2) is 37.0 Å². The molecule has 2 aromatic rings. The molecule has 0 aliphatic carbocycles. The van der Waals surface area contributed by atoms with Gasteiger partial charge >= 0.3 is 0 Å². The monoisotopic (exact) mass is 259 g/mol. The summed E-state index contributed by atoms with van der Waals surface area (Å²) in [4.78, 5) is 2.57. The smallest absolute Gasteiger partial charge is 0.0565 e. The standard InChI is InChI=1S/C14H21N5/c1-17-10-13(9-16-17)11-18-7-3-2-5-14(18)12-19-8-4-6-15-19/h4,6,8-10,14H,2-3,5,7,11-12H2,1H3/t14-/m0/s1. The molecule has 1 aliphatic rings. The van der Waals surface area contributed by atoms with Gasteiger partial charge in [0, 0.05) is 43.8 Å². The summed E-state index contributed by atoms with van der Waals surface area (Å²) in [5.74, 6) is 0. The lowest BCUT2D eigenvalue weighted by atomic mass is 10.0. The molecule has 0 bridgehead atoms. The van der Waals surface area contributed by atoms with Crippen molar-refractivity contribution in [2.24, 2.45) is 7.05 Å². The van der Waals surface area contributed by atoms with E-state index in [0.29, 0.717) is 6.04 Å². The molecular weight excluding hydrogens is 238 g/mol. The third-order valence-electron chi connectivity index (χ3n) is 3.85. The van der Waals surface area contributed by atoms with Crippen LogP contribution >= 0.6 is 0 Å². The minimum Gasteiger partial charge on any atom is -0.294 e. The summed E-state index contributed by atoms with van der Waals surface area (Å²) in [6.07, 6.45) is 11.9. The Labute approximate surface area is 113 Å². The third kappa shape index (κ3) is 3.04. The van der Waals surface area contributed by atoms with Crippen molar-refractivity contribution in [2.45, 2.75) is 38.4 Å². The van der Waals surface area contributed by atoms with Crippen molar-refractivity contribution in [1.82, 2.24) is 24.5 Å². The lowest BCUT2D eigenvalue weighted by molar-refractivity contribution is 0.122. The first-order chi connectivity index (χ1) is 9.31. The van der Waals surface area contributed by atoms with Crippen LogP contribution in [0.3, 0.4) is 0 Å². The highest BCUT2D eigenvalue weighted by Crippen LogP contribution is 2.20. The van der Waals surface area contributed by atoms with Crippen molar-refractivity contribution >= 4 is 0 Å². The van der Waals surface area contributed by atoms with Crippen molar-refractivity contribution < 1.29 is 0 Å². The Hall–Kier alpha value is -1.62. The maximum atomic E-state index is 4.33. The van der Waals surface area contributed by atoms with Gasteiger partial charge in [-0.3, -0.25) is 14.3 Å². The molecule has 0 aromatic carbocycles. The Morgan fingerprint density at radius 1 is 1.32 bits per heavy atom. The first kappa shape index (κ1) is 12.4. The first-order valence-electron chi connectivity index (χ1n) is 7.00. The predicted octanol–water partition coefficient (Wildman–Crippen LogP) is 1.67. The van der Waals surface area contributed by atoms with Gasteiger partial charge in [0.2, 0.25) is 0 Å². The van der Waals surface area contributed by atoms with E-state index in [1.54, 1.807) is 0 Å². The molecule has 3 heterocycles. The number of rotatable bonds is 4. The Kier molecular flexibility index (Phi) is 3.64. The second-order valence-corrected chi connectivity index (χ2v) is 5.37. The Morgan fingerprint density at radius 2 is 2.26 bits per heavy atom. The van der Waals surface area contributed by atoms with Crippen LogP contribution in [0.5, 0.6) is 0 Å². The second-order valence-electron chi connectivity index (χ2n) is 5.37. The number of nitrogens with zero attached hydrogens (tertiary/aromatic N) is 5. The van der Waals surface area contributed by atoms with Crippen molar-refractivity contribution in [3.8, 4) is 0 Å². The van der Waals surface area contributed by atoms with E-state index in [-0.39, 0.29) is 0 Å². The molecule has 0 unspecified atom stereocenters. The topological polar surface area (TPSA) is 38.9 Å². The van der Waals surface area contributed by atoms with Crippen LogP contribution in [0.2, 0.25) is 0 Å². The molecule has 5 heteroatoms. The largest absolute Gasteiger partial charge is 0.294 e. The molecule has 19 heavy (non-hydrogen) atoms. The quantitative estimate of drug-likeness (QED) is 0.838. The van der Waals surface area contributed by atoms with Gasteiger partial charge in [0.05, 0.1) is 12.7 Å². The maximum absolute atomic E-state index is 4.33. The van der Waals surface area contributed by atoms with Gasteiger partial charge in [0.1, 0.15) is 0 Å². The summed E-state index contributed by atoms with van der Waals surface area (Å²) < 4.78 is 3.92. The number of piperidine rings is 1. The van der Waals surface area contributed by atoms with E-state index in [9.17, 15) is 0 Å². The van der Waals surface area contributed by atoms with Crippen molar-refractivity contribution in [2.75, 3.05) is 6.54 Å². The molecule has 1 saturated heterocycles. The van der Waals surface area contributed by atoms with Crippen molar-refractivity contribution in [1.29, 1.82) is 0 Å². The minimum atomic E-state index is 0.592. The van der Waals surface area contributed by atoms with E-state index < -0.39 is 0 Å². The highest BCUT2D eigenvalue weighted by Gasteiger charge is 2.23. The van der Waals surface area contributed by atoms with E-state index in [1.165, 1.54) is 31.4 Å². The number of aryl methyl sites for hydroxylation is 1. The summed E-state index contributed by atoms with van der Waals surface area (Å²) in [7, 11) is 1.97. The van der Waals surface area contributed by atoms with Gasteiger partial charge in [0.25, 0.3) is 0 Å². The highest BCUT2D eigenvalue weighted by molar-refractivity contribution is 5.04. The molecule has 0 N–H and O–H groups in total. The number of aromatic nitrogens is 4. The summed E-state index contributed by atoms with van der Waals surface area (Å²) in [5, 5.41) is 8.58. The molecular formula is C14H21N5. The van der Waals surface area contributed by atoms with Crippen LogP contribution in [0.1, 0.15) is 24.8 Å². The molecule has 0 saturated carbocycles. The zero-order valence-corrected chi connectivity index (χ0v) is 11.4. The average molecular weight is 259 g/mol. The van der Waals surface area contributed by atoms with Crippen LogP contribution in [0.25, 0.3) is 0 Å². The fraction of sp³-hybridized carbons (Fsp3) is 0.571. The first-order valence-corrected chi connectivity index (χ1v) is 7.00. The highest BCUT2D eigenvalue weighted by atomic mass is 15.3. The summed E-state index contributed by atoms with van der Waals surface area (Å²) in [5.41, 5.74) is 1.30. The fourth-order valence-corrected chi connectivity index (χ4v) is 2.89. The molecule has 1 aliphatic heterocycles. The molecule has 0 radical (unpaired) electrons. The summed E-state index contributed by atoms with van der Waals surface area (Å²) in [6, 6.07) is 2.59. The predicted molar refractivity (Wildman–Crippen MR) is 73.5 cm³/mol. The molecule has 0 amide bonds. The SMILES string of the molecule is Cn1cc(CN2CCCC[C@H]2Cn2cccn2)cn1. The van der Waals surface area contributed by atoms with Crippen molar-refractivity contribution in [3.05, 3.63) is 36.4 Å². The number of hydrogen-bond acceptors (Lipinski definition) is 3. The van der Waals surface area contributed by atoms with E-state index in [4.69, 9.17) is 0 Å². The van der Waals surface area contributed by atoms with Gasteiger partial charge < -0.3 is 0 Å². The van der Waals surface area contributed by atoms with E-state index in [0.717, 1.165) is 13.1 Å². The lowest BCUT2D eigenvalue weighted by Gasteiger charge is -2.35. The number of hydrogen-bond donors (Lipinski definition) is 0. The maximum Gasteiger partial charge on any atom is 0.0565 e. The van der Waals surface area contributed by atoms with Gasteiger partial charge in [-0.05, 0) is 25.5 Å². The Bertz CT molecular complexity index is 502. The second kappa shape index (κ2) is 5.57. The normalized spacial score (nSPS) is 20.8. The van der Waals surface area contributed by atoms with Gasteiger partial charge in [-0.25, -0.2) is 0 Å². The van der Waals surface area contributed by atoms with Crippen LogP contribution < -0.4 is 0 Å². The van der Waals surface area contributed by atoms with Crippen LogP contribution in [-0.2, 0) is 20.1 Å². The third-order valence-corrected chi connectivity index (χ3v) is 3.85. The fourth-order valence-electron chi connectivity index (χ4n) is 2.89. The molecule has 1 fully saturated rings. The van der Waals surface area contributed by atoms with Crippen LogP contribution in [0.15, 0.2) is 30.9 Å². The zero-order chi connectivity index (χ0) is 13.1. The molecule has 2 aromatic heterocycles. The summed E-state index contributed by atoms with van der Waals surface area (Å²) in [6.45, 7) is 3.17. The van der Waals surface area contributed by atoms with Crippen molar-refractivity contribution in [3.63, 3.8) is 0 Å². The van der Waals surface area contributed by atoms with Crippen LogP contribution in [0.4, 0.5) is 0 Å². The lowest BCUT2D eigenvalue weighted by Crippen LogP contribution is -2.41. The molecule has 1 atom stereocenters. The van der Waals surface area contributed by atoms with Crippen LogP contribution in [0, 0.1) is 0 Å². The Balaban J connectivity index is 1.66. The molecule has 102 valence electrons. The van der Waals surface area contributed by atoms with Gasteiger partial charge in [0.15, 0.2) is 0 Å². The van der Waals surface area contributed by atoms with Gasteiger partial charge in [-0.1, -0.05) is 6.42 Å². The van der Waals surface area contributed by atoms with E-state index in [2.05, 4.69) is 27.5 Å². The zero-order valence-electron chi connectivity index (χ0n) is 11.4. The number of likely N-dealkylation sites (tertiary alicyclic amines) is 1. The summed E-state index contributed by atoms with van der Waals surface area (Å²) >= 11 is 0. The molecule has 0 spiro atoms. The van der Waals surface area contributed by atoms with Gasteiger partial charge in [-0.15, -0.1) is 0 Å². The van der Waals surface area contributed by atoms with E-state index >= 15 is 0 Å². The van der Waals surface area contributed by atoms with Gasteiger partial charge in [-0.2, -0.15) is 10.2 Å². The molecule has 3 rings (SSSR count). The average Bonchev–Trinajstić information content (AvgIpc) is 3.04.